The van der Waals surface area contributed by atoms with Crippen molar-refractivity contribution in [1.29, 1.82) is 0 Å². The molecule has 1 aromatic carbocycles. The molecule has 5 heteroatoms. The number of hydrogen-bond donors (Lipinski definition) is 2. The SMILES string of the molecule is CN(CC(N)=O)c1ccccc1C(N)=O. The van der Waals surface area contributed by atoms with Gasteiger partial charge in [0.2, 0.25) is 5.91 Å². The normalized spacial score (nSPS) is 9.67. The van der Waals surface area contributed by atoms with Crippen molar-refractivity contribution in [2.45, 2.75) is 0 Å². The van der Waals surface area contributed by atoms with Crippen molar-refractivity contribution in [3.05, 3.63) is 29.8 Å². The Morgan fingerprint density at radius 2 is 1.87 bits per heavy atom. The highest BCUT2D eigenvalue weighted by Gasteiger charge is 2.11. The first-order chi connectivity index (χ1) is 7.02. The monoisotopic (exact) mass is 207 g/mol. The summed E-state index contributed by atoms with van der Waals surface area (Å²) in [6, 6.07) is 6.79. The number of primary amides is 2. The Labute approximate surface area is 87.7 Å². The minimum absolute atomic E-state index is 0.0459. The summed E-state index contributed by atoms with van der Waals surface area (Å²) >= 11 is 0. The highest BCUT2D eigenvalue weighted by molar-refractivity contribution is 5.99. The number of para-hydroxylation sites is 1. The van der Waals surface area contributed by atoms with Gasteiger partial charge in [0, 0.05) is 12.7 Å². The topological polar surface area (TPSA) is 89.4 Å². The lowest BCUT2D eigenvalue weighted by Gasteiger charge is -2.19. The summed E-state index contributed by atoms with van der Waals surface area (Å²) in [5.74, 6) is -0.987. The molecule has 0 saturated carbocycles. The number of carbonyl (C=O) groups is 2. The van der Waals surface area contributed by atoms with Crippen LogP contribution in [0.15, 0.2) is 24.3 Å². The molecule has 1 aromatic rings. The van der Waals surface area contributed by atoms with Crippen molar-refractivity contribution in [3.63, 3.8) is 0 Å². The molecular formula is C10H13N3O2. The molecule has 5 nitrogen and oxygen atoms in total. The number of carbonyl (C=O) groups excluding carboxylic acids is 2. The molecule has 0 aromatic heterocycles. The molecule has 0 bridgehead atoms. The van der Waals surface area contributed by atoms with Gasteiger partial charge >= 0.3 is 0 Å². The van der Waals surface area contributed by atoms with E-state index in [0.29, 0.717) is 11.3 Å². The third kappa shape index (κ3) is 2.70. The Balaban J connectivity index is 3.02. The van der Waals surface area contributed by atoms with Crippen LogP contribution in [0.2, 0.25) is 0 Å². The molecule has 0 aliphatic carbocycles. The van der Waals surface area contributed by atoms with Gasteiger partial charge in [-0.3, -0.25) is 9.59 Å². The van der Waals surface area contributed by atoms with Gasteiger partial charge in [0.25, 0.3) is 5.91 Å². The minimum Gasteiger partial charge on any atom is -0.368 e. The molecule has 0 fully saturated rings. The Bertz CT molecular complexity index is 390. The van der Waals surface area contributed by atoms with Crippen LogP contribution in [0.4, 0.5) is 5.69 Å². The number of likely N-dealkylation sites (N-methyl/N-ethyl adjacent to an activating group) is 1. The maximum Gasteiger partial charge on any atom is 0.250 e. The number of nitrogens with zero attached hydrogens (tertiary/aromatic N) is 1. The second-order valence-corrected chi connectivity index (χ2v) is 3.20. The molecule has 80 valence electrons. The summed E-state index contributed by atoms with van der Waals surface area (Å²) in [5.41, 5.74) is 11.2. The molecule has 2 amide bonds. The summed E-state index contributed by atoms with van der Waals surface area (Å²) in [7, 11) is 1.67. The number of hydrogen-bond acceptors (Lipinski definition) is 3. The third-order valence-corrected chi connectivity index (χ3v) is 1.97. The van der Waals surface area contributed by atoms with E-state index in [-0.39, 0.29) is 6.54 Å². The summed E-state index contributed by atoms with van der Waals surface area (Å²) in [6.07, 6.45) is 0. The van der Waals surface area contributed by atoms with Gasteiger partial charge in [0.1, 0.15) is 0 Å². The van der Waals surface area contributed by atoms with E-state index < -0.39 is 11.8 Å². The van der Waals surface area contributed by atoms with Gasteiger partial charge in [0.15, 0.2) is 0 Å². The van der Waals surface area contributed by atoms with Crippen LogP contribution < -0.4 is 16.4 Å². The van der Waals surface area contributed by atoms with Crippen LogP contribution in [0.5, 0.6) is 0 Å². The average Bonchev–Trinajstić information content (AvgIpc) is 2.16. The first-order valence-electron chi connectivity index (χ1n) is 4.40. The van der Waals surface area contributed by atoms with E-state index in [0.717, 1.165) is 0 Å². The predicted molar refractivity (Wildman–Crippen MR) is 57.4 cm³/mol. The highest BCUT2D eigenvalue weighted by Crippen LogP contribution is 2.17. The number of anilines is 1. The fraction of sp³-hybridized carbons (Fsp3) is 0.200. The Morgan fingerprint density at radius 1 is 1.27 bits per heavy atom. The van der Waals surface area contributed by atoms with E-state index in [1.807, 2.05) is 0 Å². The van der Waals surface area contributed by atoms with Crippen molar-refractivity contribution in [2.75, 3.05) is 18.5 Å². The molecular weight excluding hydrogens is 194 g/mol. The van der Waals surface area contributed by atoms with Gasteiger partial charge in [0.05, 0.1) is 12.1 Å². The molecule has 4 N–H and O–H groups in total. The van der Waals surface area contributed by atoms with Gasteiger partial charge in [-0.1, -0.05) is 12.1 Å². The number of amides is 2. The van der Waals surface area contributed by atoms with Gasteiger partial charge in [-0.15, -0.1) is 0 Å². The minimum atomic E-state index is -0.526. The maximum atomic E-state index is 11.1. The molecule has 0 aliphatic heterocycles. The van der Waals surface area contributed by atoms with Crippen LogP contribution >= 0.6 is 0 Å². The van der Waals surface area contributed by atoms with Crippen LogP contribution in [0.3, 0.4) is 0 Å². The quantitative estimate of drug-likeness (QED) is 0.710. The predicted octanol–water partition coefficient (Wildman–Crippen LogP) is -0.293. The van der Waals surface area contributed by atoms with E-state index in [4.69, 9.17) is 11.5 Å². The number of nitrogens with two attached hydrogens (primary N) is 2. The van der Waals surface area contributed by atoms with Crippen molar-refractivity contribution in [3.8, 4) is 0 Å². The molecule has 0 heterocycles. The van der Waals surface area contributed by atoms with E-state index in [1.165, 1.54) is 0 Å². The standard InChI is InChI=1S/C10H13N3O2/c1-13(6-9(11)14)8-5-3-2-4-7(8)10(12)15/h2-5H,6H2,1H3,(H2,11,14)(H2,12,15). The molecule has 0 radical (unpaired) electrons. The lowest BCUT2D eigenvalue weighted by molar-refractivity contribution is -0.116. The molecule has 1 rings (SSSR count). The van der Waals surface area contributed by atoms with Gasteiger partial charge in [-0.05, 0) is 12.1 Å². The molecule has 15 heavy (non-hydrogen) atoms. The van der Waals surface area contributed by atoms with Crippen molar-refractivity contribution in [1.82, 2.24) is 0 Å². The largest absolute Gasteiger partial charge is 0.368 e. The first kappa shape index (κ1) is 11.0. The number of benzene rings is 1. The van der Waals surface area contributed by atoms with E-state index in [2.05, 4.69) is 0 Å². The molecule has 0 spiro atoms. The zero-order valence-corrected chi connectivity index (χ0v) is 8.43. The average molecular weight is 207 g/mol. The Hall–Kier alpha value is -2.04. The van der Waals surface area contributed by atoms with Gasteiger partial charge in [-0.25, -0.2) is 0 Å². The summed E-state index contributed by atoms with van der Waals surface area (Å²) < 4.78 is 0. The van der Waals surface area contributed by atoms with E-state index in [1.54, 1.807) is 36.2 Å². The van der Waals surface area contributed by atoms with E-state index in [9.17, 15) is 9.59 Å². The summed E-state index contributed by atoms with van der Waals surface area (Å²) in [4.78, 5) is 23.4. The Morgan fingerprint density at radius 3 is 2.40 bits per heavy atom. The fourth-order valence-electron chi connectivity index (χ4n) is 1.33. The first-order valence-corrected chi connectivity index (χ1v) is 4.40. The van der Waals surface area contributed by atoms with Gasteiger partial charge < -0.3 is 16.4 Å². The highest BCUT2D eigenvalue weighted by atomic mass is 16.1. The van der Waals surface area contributed by atoms with E-state index >= 15 is 0 Å². The molecule has 0 aliphatic rings. The lowest BCUT2D eigenvalue weighted by Crippen LogP contribution is -2.32. The van der Waals surface area contributed by atoms with Crippen molar-refractivity contribution in [2.24, 2.45) is 11.5 Å². The van der Waals surface area contributed by atoms with Crippen molar-refractivity contribution >= 4 is 17.5 Å². The third-order valence-electron chi connectivity index (χ3n) is 1.97. The summed E-state index contributed by atoms with van der Waals surface area (Å²) in [5, 5.41) is 0. The lowest BCUT2D eigenvalue weighted by atomic mass is 10.1. The van der Waals surface area contributed by atoms with Crippen molar-refractivity contribution < 1.29 is 9.59 Å². The second kappa shape index (κ2) is 4.45. The number of rotatable bonds is 4. The zero-order valence-electron chi connectivity index (χ0n) is 8.43. The fourth-order valence-corrected chi connectivity index (χ4v) is 1.33. The smallest absolute Gasteiger partial charge is 0.250 e. The van der Waals surface area contributed by atoms with Gasteiger partial charge in [-0.2, -0.15) is 0 Å². The molecule has 0 unspecified atom stereocenters. The van der Waals surface area contributed by atoms with Crippen LogP contribution in [0.1, 0.15) is 10.4 Å². The Kier molecular flexibility index (Phi) is 3.28. The zero-order chi connectivity index (χ0) is 11.4. The summed E-state index contributed by atoms with van der Waals surface area (Å²) in [6.45, 7) is 0.0459. The van der Waals surface area contributed by atoms with Crippen LogP contribution in [-0.2, 0) is 4.79 Å². The van der Waals surface area contributed by atoms with Crippen LogP contribution in [-0.4, -0.2) is 25.4 Å². The second-order valence-electron chi connectivity index (χ2n) is 3.20. The van der Waals surface area contributed by atoms with Crippen LogP contribution in [0, 0.1) is 0 Å². The molecule has 0 atom stereocenters. The maximum absolute atomic E-state index is 11.1. The van der Waals surface area contributed by atoms with Crippen LogP contribution in [0.25, 0.3) is 0 Å². The molecule has 0 saturated heterocycles.